The Morgan fingerprint density at radius 3 is 2.58 bits per heavy atom. The lowest BCUT2D eigenvalue weighted by molar-refractivity contribution is -0.149. The van der Waals surface area contributed by atoms with Gasteiger partial charge in [0.05, 0.1) is 11.3 Å². The van der Waals surface area contributed by atoms with E-state index in [1.807, 2.05) is 44.2 Å². The molecule has 3 unspecified atom stereocenters. The van der Waals surface area contributed by atoms with Crippen molar-refractivity contribution in [1.29, 1.82) is 0 Å². The Morgan fingerprint density at radius 2 is 2.00 bits per heavy atom. The maximum Gasteiger partial charge on any atom is 0.327 e. The summed E-state index contributed by atoms with van der Waals surface area (Å²) >= 11 is 1.51. The first-order valence-electron chi connectivity index (χ1n) is 6.24. The number of benzene rings is 1. The fourth-order valence-corrected chi connectivity index (χ4v) is 3.45. The highest BCUT2D eigenvalue weighted by Crippen LogP contribution is 2.32. The van der Waals surface area contributed by atoms with Crippen LogP contribution < -0.4 is 0 Å². The van der Waals surface area contributed by atoms with Gasteiger partial charge in [0.25, 0.3) is 0 Å². The van der Waals surface area contributed by atoms with Crippen LogP contribution >= 0.6 is 11.8 Å². The van der Waals surface area contributed by atoms with Crippen molar-refractivity contribution in [2.24, 2.45) is 0 Å². The Hall–Kier alpha value is -1.49. The summed E-state index contributed by atoms with van der Waals surface area (Å²) in [5, 5.41) is 9.11. The summed E-state index contributed by atoms with van der Waals surface area (Å²) in [6, 6.07) is 8.75. The monoisotopic (exact) mass is 279 g/mol. The number of carboxylic acid groups (broad SMARTS) is 1. The Labute approximate surface area is 116 Å². The van der Waals surface area contributed by atoms with E-state index < -0.39 is 12.0 Å². The maximum absolute atomic E-state index is 12.5. The van der Waals surface area contributed by atoms with E-state index in [1.54, 1.807) is 0 Å². The second-order valence-electron chi connectivity index (χ2n) is 4.66. The third-order valence-electron chi connectivity index (χ3n) is 3.43. The number of hydrogen-bond donors (Lipinski definition) is 1. The predicted octanol–water partition coefficient (Wildman–Crippen LogP) is 2.16. The lowest BCUT2D eigenvalue weighted by Crippen LogP contribution is -2.46. The second-order valence-corrected chi connectivity index (χ2v) is 6.01. The summed E-state index contributed by atoms with van der Waals surface area (Å²) < 4.78 is 0. The number of carbonyl (C=O) groups excluding carboxylic acids is 1. The molecule has 0 aromatic heterocycles. The summed E-state index contributed by atoms with van der Waals surface area (Å²) in [7, 11) is 0. The molecule has 1 aromatic rings. The van der Waals surface area contributed by atoms with Gasteiger partial charge in [0, 0.05) is 5.75 Å². The Balaban J connectivity index is 2.20. The van der Waals surface area contributed by atoms with Crippen molar-refractivity contribution in [3.05, 3.63) is 35.9 Å². The minimum absolute atomic E-state index is 0.0836. The average Bonchev–Trinajstić information content (AvgIpc) is 2.80. The van der Waals surface area contributed by atoms with Crippen LogP contribution in [0.5, 0.6) is 0 Å². The van der Waals surface area contributed by atoms with Gasteiger partial charge < -0.3 is 10.0 Å². The molecule has 1 fully saturated rings. The fourth-order valence-electron chi connectivity index (χ4n) is 2.28. The van der Waals surface area contributed by atoms with Gasteiger partial charge in [-0.3, -0.25) is 4.79 Å². The van der Waals surface area contributed by atoms with E-state index in [9.17, 15) is 14.7 Å². The lowest BCUT2D eigenvalue weighted by Gasteiger charge is -2.28. The van der Waals surface area contributed by atoms with Gasteiger partial charge in [-0.25, -0.2) is 4.79 Å². The normalized spacial score (nSPS) is 24.2. The zero-order chi connectivity index (χ0) is 14.0. The molecular weight excluding hydrogens is 262 g/mol. The van der Waals surface area contributed by atoms with Gasteiger partial charge in [0.15, 0.2) is 0 Å². The number of aliphatic carboxylic acids is 1. The molecule has 19 heavy (non-hydrogen) atoms. The minimum Gasteiger partial charge on any atom is -0.480 e. The number of carbonyl (C=O) groups is 2. The van der Waals surface area contributed by atoms with Crippen LogP contribution in [0.25, 0.3) is 0 Å². The maximum atomic E-state index is 12.5. The zero-order valence-corrected chi connectivity index (χ0v) is 11.8. The van der Waals surface area contributed by atoms with Crippen LogP contribution in [0.1, 0.15) is 25.3 Å². The molecular formula is C14H17NO3S. The summed E-state index contributed by atoms with van der Waals surface area (Å²) in [6.07, 6.45) is 0. The van der Waals surface area contributed by atoms with E-state index in [-0.39, 0.29) is 17.2 Å². The van der Waals surface area contributed by atoms with Crippen molar-refractivity contribution in [3.63, 3.8) is 0 Å². The van der Waals surface area contributed by atoms with Gasteiger partial charge >= 0.3 is 5.97 Å². The van der Waals surface area contributed by atoms with E-state index >= 15 is 0 Å². The van der Waals surface area contributed by atoms with Crippen LogP contribution in [0, 0.1) is 0 Å². The summed E-state index contributed by atoms with van der Waals surface area (Å²) in [5.41, 5.74) is 0.917. The molecule has 3 atom stereocenters. The lowest BCUT2D eigenvalue weighted by atomic mass is 9.99. The van der Waals surface area contributed by atoms with Gasteiger partial charge in [-0.05, 0) is 19.4 Å². The van der Waals surface area contributed by atoms with Crippen LogP contribution in [0.2, 0.25) is 0 Å². The number of nitrogens with zero attached hydrogens (tertiary/aromatic N) is 1. The minimum atomic E-state index is -0.925. The van der Waals surface area contributed by atoms with Crippen molar-refractivity contribution >= 4 is 23.6 Å². The van der Waals surface area contributed by atoms with Crippen LogP contribution in [0.15, 0.2) is 30.3 Å². The zero-order valence-electron chi connectivity index (χ0n) is 10.9. The molecule has 1 amide bonds. The number of hydrogen-bond acceptors (Lipinski definition) is 3. The molecule has 1 N–H and O–H groups in total. The number of carboxylic acids is 1. The number of thioether (sulfide) groups is 1. The van der Waals surface area contributed by atoms with Crippen LogP contribution in [-0.2, 0) is 9.59 Å². The second kappa shape index (κ2) is 5.65. The van der Waals surface area contributed by atoms with Crippen LogP contribution in [0.4, 0.5) is 0 Å². The van der Waals surface area contributed by atoms with Crippen molar-refractivity contribution in [2.45, 2.75) is 31.2 Å². The van der Waals surface area contributed by atoms with Gasteiger partial charge in [-0.1, -0.05) is 30.3 Å². The molecule has 0 aliphatic carbocycles. The van der Waals surface area contributed by atoms with Crippen molar-refractivity contribution in [3.8, 4) is 0 Å². The number of amides is 1. The fraction of sp³-hybridized carbons (Fsp3) is 0.429. The highest BCUT2D eigenvalue weighted by atomic mass is 32.2. The summed E-state index contributed by atoms with van der Waals surface area (Å²) in [5.74, 6) is -0.894. The molecule has 1 aromatic carbocycles. The molecule has 0 bridgehead atoms. The topological polar surface area (TPSA) is 57.6 Å². The van der Waals surface area contributed by atoms with E-state index in [0.717, 1.165) is 5.56 Å². The first kappa shape index (κ1) is 13.9. The molecule has 1 heterocycles. The molecule has 1 saturated heterocycles. The predicted molar refractivity (Wildman–Crippen MR) is 75.0 cm³/mol. The molecule has 5 heteroatoms. The summed E-state index contributed by atoms with van der Waals surface area (Å²) in [4.78, 5) is 25.2. The highest BCUT2D eigenvalue weighted by Gasteiger charge is 2.40. The van der Waals surface area contributed by atoms with E-state index in [0.29, 0.717) is 5.75 Å². The van der Waals surface area contributed by atoms with Gasteiger partial charge in [0.2, 0.25) is 5.91 Å². The number of rotatable bonds is 3. The largest absolute Gasteiger partial charge is 0.480 e. The highest BCUT2D eigenvalue weighted by molar-refractivity contribution is 8.00. The molecule has 1 aliphatic heterocycles. The van der Waals surface area contributed by atoms with Crippen molar-refractivity contribution < 1.29 is 14.7 Å². The van der Waals surface area contributed by atoms with Crippen molar-refractivity contribution in [2.75, 3.05) is 5.75 Å². The smallest absolute Gasteiger partial charge is 0.327 e. The van der Waals surface area contributed by atoms with E-state index in [2.05, 4.69) is 0 Å². The Bertz CT molecular complexity index is 477. The van der Waals surface area contributed by atoms with Gasteiger partial charge in [-0.15, -0.1) is 11.8 Å². The third-order valence-corrected chi connectivity index (χ3v) is 4.65. The molecule has 0 radical (unpaired) electrons. The van der Waals surface area contributed by atoms with Crippen LogP contribution in [0.3, 0.4) is 0 Å². The van der Waals surface area contributed by atoms with Gasteiger partial charge in [-0.2, -0.15) is 0 Å². The molecule has 2 rings (SSSR count). The van der Waals surface area contributed by atoms with Gasteiger partial charge in [0.1, 0.15) is 6.04 Å². The molecule has 4 nitrogen and oxygen atoms in total. The van der Waals surface area contributed by atoms with E-state index in [4.69, 9.17) is 0 Å². The molecule has 102 valence electrons. The average molecular weight is 279 g/mol. The standard InChI is InChI=1S/C14H17NO3S/c1-9(11-6-4-3-5-7-11)13(16)15-10(2)19-8-12(15)14(17)18/h3-7,9-10,12H,8H2,1-2H3,(H,17,18). The van der Waals surface area contributed by atoms with E-state index in [1.165, 1.54) is 16.7 Å². The summed E-state index contributed by atoms with van der Waals surface area (Å²) in [6.45, 7) is 3.70. The molecule has 0 saturated carbocycles. The van der Waals surface area contributed by atoms with Crippen LogP contribution in [-0.4, -0.2) is 39.1 Å². The molecule has 0 spiro atoms. The Kier molecular flexibility index (Phi) is 4.14. The first-order valence-corrected chi connectivity index (χ1v) is 7.28. The quantitative estimate of drug-likeness (QED) is 0.921. The first-order chi connectivity index (χ1) is 9.02. The SMILES string of the molecule is CC(C(=O)N1C(C)SCC1C(=O)O)c1ccccc1. The Morgan fingerprint density at radius 1 is 1.37 bits per heavy atom. The molecule has 1 aliphatic rings. The van der Waals surface area contributed by atoms with Crippen molar-refractivity contribution in [1.82, 2.24) is 4.90 Å². The third kappa shape index (κ3) is 2.76.